The minimum Gasteiger partial charge on any atom is -0.380 e. The maximum Gasteiger partial charge on any atom is 0.247 e. The van der Waals surface area contributed by atoms with Gasteiger partial charge in [0.2, 0.25) is 11.8 Å². The summed E-state index contributed by atoms with van der Waals surface area (Å²) in [5.74, 6) is -1.28. The summed E-state index contributed by atoms with van der Waals surface area (Å²) in [4.78, 5) is 23.6. The predicted molar refractivity (Wildman–Crippen MR) is 82.0 cm³/mol. The van der Waals surface area contributed by atoms with Crippen molar-refractivity contribution in [2.75, 3.05) is 23.8 Å². The number of hydrogen-bond acceptors (Lipinski definition) is 3. The Morgan fingerprint density at radius 2 is 2.18 bits per heavy atom. The van der Waals surface area contributed by atoms with Gasteiger partial charge in [-0.2, -0.15) is 0 Å². The molecule has 1 aromatic rings. The quantitative estimate of drug-likeness (QED) is 0.841. The van der Waals surface area contributed by atoms with Crippen LogP contribution < -0.4 is 10.6 Å². The van der Waals surface area contributed by atoms with E-state index >= 15 is 0 Å². The zero-order valence-corrected chi connectivity index (χ0v) is 12.4. The lowest BCUT2D eigenvalue weighted by Gasteiger charge is -2.31. The van der Waals surface area contributed by atoms with Crippen LogP contribution in [0.25, 0.3) is 0 Å². The van der Waals surface area contributed by atoms with E-state index in [4.69, 9.17) is 4.74 Å². The third kappa shape index (κ3) is 3.71. The second-order valence-electron chi connectivity index (χ2n) is 5.56. The lowest BCUT2D eigenvalue weighted by atomic mass is 9.84. The van der Waals surface area contributed by atoms with Crippen LogP contribution in [0.2, 0.25) is 0 Å². The van der Waals surface area contributed by atoms with Crippen molar-refractivity contribution in [3.8, 4) is 0 Å². The summed E-state index contributed by atoms with van der Waals surface area (Å²) < 4.78 is 19.0. The number of nitrogens with one attached hydrogen (secondary N) is 2. The summed E-state index contributed by atoms with van der Waals surface area (Å²) in [6, 6.07) is 4.01. The first-order chi connectivity index (χ1) is 10.4. The second kappa shape index (κ2) is 6.70. The lowest BCUT2D eigenvalue weighted by molar-refractivity contribution is -0.131. The number of carbonyl (C=O) groups is 2. The van der Waals surface area contributed by atoms with Gasteiger partial charge in [-0.1, -0.05) is 6.58 Å². The molecule has 0 saturated carbocycles. The zero-order valence-electron chi connectivity index (χ0n) is 12.4. The standard InChI is InChI=1S/C16H19FN2O3/c1-3-14(20)19-13-9-11(5-6-12(13)17)18-15(21)16(2)7-4-8-22-10-16/h3,5-6,9H,1,4,7-8,10H2,2H3,(H,18,21)(H,19,20). The Morgan fingerprint density at radius 3 is 2.82 bits per heavy atom. The van der Waals surface area contributed by atoms with Crippen LogP contribution in [0, 0.1) is 11.2 Å². The average molecular weight is 306 g/mol. The molecule has 1 atom stereocenters. The molecule has 2 rings (SSSR count). The van der Waals surface area contributed by atoms with E-state index < -0.39 is 17.1 Å². The monoisotopic (exact) mass is 306 g/mol. The third-order valence-electron chi connectivity index (χ3n) is 3.65. The fourth-order valence-corrected chi connectivity index (χ4v) is 2.28. The highest BCUT2D eigenvalue weighted by molar-refractivity contribution is 6.00. The molecule has 1 unspecified atom stereocenters. The van der Waals surface area contributed by atoms with Crippen molar-refractivity contribution in [1.82, 2.24) is 0 Å². The molecule has 1 aliphatic rings. The summed E-state index contributed by atoms with van der Waals surface area (Å²) in [5.41, 5.74) is -0.192. The van der Waals surface area contributed by atoms with E-state index in [1.54, 1.807) is 0 Å². The largest absolute Gasteiger partial charge is 0.380 e. The smallest absolute Gasteiger partial charge is 0.247 e. The molecule has 0 aliphatic carbocycles. The van der Waals surface area contributed by atoms with Crippen molar-refractivity contribution in [2.45, 2.75) is 19.8 Å². The van der Waals surface area contributed by atoms with Crippen LogP contribution in [-0.4, -0.2) is 25.0 Å². The fourth-order valence-electron chi connectivity index (χ4n) is 2.28. The first kappa shape index (κ1) is 16.2. The summed E-state index contributed by atoms with van der Waals surface area (Å²) in [6.45, 7) is 6.17. The molecule has 22 heavy (non-hydrogen) atoms. The number of amides is 2. The lowest BCUT2D eigenvalue weighted by Crippen LogP contribution is -2.40. The molecule has 0 spiro atoms. The van der Waals surface area contributed by atoms with Crippen molar-refractivity contribution in [1.29, 1.82) is 0 Å². The van der Waals surface area contributed by atoms with Crippen LogP contribution in [0.15, 0.2) is 30.9 Å². The molecule has 1 heterocycles. The molecule has 6 heteroatoms. The van der Waals surface area contributed by atoms with Crippen molar-refractivity contribution in [2.24, 2.45) is 5.41 Å². The number of halogens is 1. The molecular weight excluding hydrogens is 287 g/mol. The fraction of sp³-hybridized carbons (Fsp3) is 0.375. The molecule has 1 aliphatic heterocycles. The molecule has 1 aromatic carbocycles. The van der Waals surface area contributed by atoms with E-state index in [1.807, 2.05) is 6.92 Å². The number of hydrogen-bond donors (Lipinski definition) is 2. The molecule has 1 fully saturated rings. The predicted octanol–water partition coefficient (Wildman–Crippen LogP) is 2.71. The number of benzene rings is 1. The normalized spacial score (nSPS) is 21.0. The van der Waals surface area contributed by atoms with Gasteiger partial charge in [0.15, 0.2) is 0 Å². The molecule has 5 nitrogen and oxygen atoms in total. The van der Waals surface area contributed by atoms with E-state index in [1.165, 1.54) is 18.2 Å². The Morgan fingerprint density at radius 1 is 1.41 bits per heavy atom. The van der Waals surface area contributed by atoms with Gasteiger partial charge < -0.3 is 15.4 Å². The Hall–Kier alpha value is -2.21. The molecule has 118 valence electrons. The Bertz CT molecular complexity index is 595. The third-order valence-corrected chi connectivity index (χ3v) is 3.65. The zero-order chi connectivity index (χ0) is 16.2. The van der Waals surface area contributed by atoms with E-state index in [0.29, 0.717) is 18.9 Å². The van der Waals surface area contributed by atoms with Gasteiger partial charge in [0.05, 0.1) is 17.7 Å². The highest BCUT2D eigenvalue weighted by Gasteiger charge is 2.35. The summed E-state index contributed by atoms with van der Waals surface area (Å²) >= 11 is 0. The molecule has 0 bridgehead atoms. The van der Waals surface area contributed by atoms with Gasteiger partial charge in [-0.3, -0.25) is 9.59 Å². The van der Waals surface area contributed by atoms with E-state index in [-0.39, 0.29) is 11.6 Å². The number of anilines is 2. The summed E-state index contributed by atoms with van der Waals surface area (Å²) in [5, 5.41) is 5.10. The maximum absolute atomic E-state index is 13.7. The SMILES string of the molecule is C=CC(=O)Nc1cc(NC(=O)C2(C)CCCOC2)ccc1F. The molecule has 2 amide bonds. The minimum atomic E-state index is -0.600. The number of ether oxygens (including phenoxy) is 1. The molecule has 0 radical (unpaired) electrons. The highest BCUT2D eigenvalue weighted by Crippen LogP contribution is 2.30. The summed E-state index contributed by atoms with van der Waals surface area (Å²) in [6.07, 6.45) is 2.61. The molecule has 0 aromatic heterocycles. The van der Waals surface area contributed by atoms with Gasteiger partial charge in [-0.25, -0.2) is 4.39 Å². The van der Waals surface area contributed by atoms with Crippen LogP contribution in [-0.2, 0) is 14.3 Å². The van der Waals surface area contributed by atoms with E-state index in [0.717, 1.165) is 18.9 Å². The number of rotatable bonds is 4. The van der Waals surface area contributed by atoms with E-state index in [2.05, 4.69) is 17.2 Å². The van der Waals surface area contributed by atoms with Gasteiger partial charge in [0, 0.05) is 12.3 Å². The molecule has 1 saturated heterocycles. The van der Waals surface area contributed by atoms with Gasteiger partial charge in [0.1, 0.15) is 5.82 Å². The highest BCUT2D eigenvalue weighted by atomic mass is 19.1. The van der Waals surface area contributed by atoms with Gasteiger partial charge in [-0.05, 0) is 44.0 Å². The van der Waals surface area contributed by atoms with E-state index in [9.17, 15) is 14.0 Å². The van der Waals surface area contributed by atoms with Crippen molar-refractivity contribution < 1.29 is 18.7 Å². The van der Waals surface area contributed by atoms with Crippen LogP contribution in [0.3, 0.4) is 0 Å². The van der Waals surface area contributed by atoms with Gasteiger partial charge in [0.25, 0.3) is 0 Å². The minimum absolute atomic E-state index is 0.00672. The topological polar surface area (TPSA) is 67.4 Å². The average Bonchev–Trinajstić information content (AvgIpc) is 2.51. The summed E-state index contributed by atoms with van der Waals surface area (Å²) in [7, 11) is 0. The molecular formula is C16H19FN2O3. The van der Waals surface area contributed by atoms with Crippen LogP contribution in [0.5, 0.6) is 0 Å². The van der Waals surface area contributed by atoms with Crippen LogP contribution in [0.4, 0.5) is 15.8 Å². The van der Waals surface area contributed by atoms with Crippen LogP contribution in [0.1, 0.15) is 19.8 Å². The Labute approximate surface area is 128 Å². The first-order valence-electron chi connectivity index (χ1n) is 7.07. The van der Waals surface area contributed by atoms with Gasteiger partial charge >= 0.3 is 0 Å². The number of carbonyl (C=O) groups excluding carboxylic acids is 2. The van der Waals surface area contributed by atoms with Crippen molar-refractivity contribution in [3.63, 3.8) is 0 Å². The van der Waals surface area contributed by atoms with Crippen LogP contribution >= 0.6 is 0 Å². The first-order valence-corrected chi connectivity index (χ1v) is 7.07. The Balaban J connectivity index is 2.12. The second-order valence-corrected chi connectivity index (χ2v) is 5.56. The molecule has 2 N–H and O–H groups in total. The maximum atomic E-state index is 13.7. The van der Waals surface area contributed by atoms with Crippen molar-refractivity contribution >= 4 is 23.2 Å². The van der Waals surface area contributed by atoms with Crippen molar-refractivity contribution in [3.05, 3.63) is 36.7 Å². The van der Waals surface area contributed by atoms with Gasteiger partial charge in [-0.15, -0.1) is 0 Å². The Kier molecular flexibility index (Phi) is 4.92.